The lowest BCUT2D eigenvalue weighted by Crippen LogP contribution is -2.25. The Morgan fingerprint density at radius 3 is 2.54 bits per heavy atom. The number of hydrogen-bond donors (Lipinski definition) is 1. The van der Waals surface area contributed by atoms with E-state index in [2.05, 4.69) is 32.5 Å². The van der Waals surface area contributed by atoms with Gasteiger partial charge in [-0.25, -0.2) is 4.98 Å². The lowest BCUT2D eigenvalue weighted by molar-refractivity contribution is -0.116. The summed E-state index contributed by atoms with van der Waals surface area (Å²) in [4.78, 5) is 17.4. The predicted molar refractivity (Wildman–Crippen MR) is 131 cm³/mol. The number of fused-ring (bicyclic) bond motifs is 1. The van der Waals surface area contributed by atoms with Crippen LogP contribution in [0, 0.1) is 6.92 Å². The van der Waals surface area contributed by atoms with E-state index in [9.17, 15) is 4.79 Å². The van der Waals surface area contributed by atoms with Gasteiger partial charge < -0.3 is 14.8 Å². The van der Waals surface area contributed by atoms with E-state index in [0.717, 1.165) is 40.3 Å². The molecule has 1 aliphatic rings. The van der Waals surface area contributed by atoms with Crippen molar-refractivity contribution in [1.29, 1.82) is 0 Å². The zero-order valence-corrected chi connectivity index (χ0v) is 19.9. The van der Waals surface area contributed by atoms with Crippen molar-refractivity contribution in [2.75, 3.05) is 19.0 Å². The molecule has 1 amide bonds. The molecule has 0 saturated carbocycles. The van der Waals surface area contributed by atoms with Gasteiger partial charge in [0.2, 0.25) is 5.91 Å². The van der Waals surface area contributed by atoms with Gasteiger partial charge in [0.05, 0.1) is 31.3 Å². The van der Waals surface area contributed by atoms with E-state index in [4.69, 9.17) is 9.47 Å². The zero-order chi connectivity index (χ0) is 24.4. The van der Waals surface area contributed by atoms with Crippen molar-refractivity contribution < 1.29 is 14.3 Å². The van der Waals surface area contributed by atoms with Crippen molar-refractivity contribution in [3.8, 4) is 28.7 Å². The fraction of sp³-hybridized carbons (Fsp3) is 0.269. The minimum absolute atomic E-state index is 0.0887. The molecule has 9 heteroatoms. The van der Waals surface area contributed by atoms with Crippen LogP contribution in [0.25, 0.3) is 17.2 Å². The smallest absolute Gasteiger partial charge is 0.272 e. The van der Waals surface area contributed by atoms with Crippen molar-refractivity contribution in [2.45, 2.75) is 32.6 Å². The Labute approximate surface area is 203 Å². The second-order valence-electron chi connectivity index (χ2n) is 8.35. The normalized spacial score (nSPS) is 14.8. The highest BCUT2D eigenvalue weighted by atomic mass is 16.5. The number of carbonyl (C=O) groups is 1. The first kappa shape index (κ1) is 22.5. The van der Waals surface area contributed by atoms with Gasteiger partial charge in [-0.2, -0.15) is 14.9 Å². The molecule has 0 saturated heterocycles. The molecule has 4 aromatic rings. The summed E-state index contributed by atoms with van der Waals surface area (Å²) in [7, 11) is 1.62. The Bertz CT molecular complexity index is 1350. The van der Waals surface area contributed by atoms with Gasteiger partial charge in [-0.15, -0.1) is 5.10 Å². The summed E-state index contributed by atoms with van der Waals surface area (Å²) >= 11 is 0. The molecule has 1 N–H and O–H groups in total. The average Bonchev–Trinajstić information content (AvgIpc) is 3.23. The Balaban J connectivity index is 1.51. The number of hydrogen-bond acceptors (Lipinski definition) is 7. The van der Waals surface area contributed by atoms with Crippen molar-refractivity contribution >= 4 is 11.7 Å². The standard InChI is InChI=1S/C26H26N6O3/c1-4-13-35-20-11-5-17(6-12-20)21-14-23(33)29-25-24(21)16(2)31-32(25)26-28-22(15-27-30-26)18-7-9-19(34-3)10-8-18/h5-12,15,21H,4,13-14H2,1-3H3,(H,29,33). The van der Waals surface area contributed by atoms with Gasteiger partial charge in [-0.1, -0.05) is 19.1 Å². The van der Waals surface area contributed by atoms with Gasteiger partial charge in [0.1, 0.15) is 17.3 Å². The number of nitrogens with zero attached hydrogens (tertiary/aromatic N) is 5. The molecule has 0 aliphatic carbocycles. The van der Waals surface area contributed by atoms with Gasteiger partial charge >= 0.3 is 0 Å². The van der Waals surface area contributed by atoms with E-state index < -0.39 is 0 Å². The molecule has 1 unspecified atom stereocenters. The van der Waals surface area contributed by atoms with Gasteiger partial charge in [0.15, 0.2) is 0 Å². The lowest BCUT2D eigenvalue weighted by atomic mass is 9.86. The Morgan fingerprint density at radius 2 is 1.83 bits per heavy atom. The third-order valence-electron chi connectivity index (χ3n) is 5.98. The molecule has 178 valence electrons. The molecule has 5 rings (SSSR count). The second-order valence-corrected chi connectivity index (χ2v) is 8.35. The number of amides is 1. The molecule has 9 nitrogen and oxygen atoms in total. The highest BCUT2D eigenvalue weighted by Gasteiger charge is 2.33. The molecule has 0 fully saturated rings. The molecule has 0 spiro atoms. The average molecular weight is 471 g/mol. The number of aromatic nitrogens is 5. The molecular weight excluding hydrogens is 444 g/mol. The number of carbonyl (C=O) groups excluding carboxylic acids is 1. The van der Waals surface area contributed by atoms with Crippen LogP contribution in [-0.4, -0.2) is 44.6 Å². The van der Waals surface area contributed by atoms with Crippen LogP contribution < -0.4 is 14.8 Å². The quantitative estimate of drug-likeness (QED) is 0.429. The maximum atomic E-state index is 12.7. The molecule has 35 heavy (non-hydrogen) atoms. The minimum Gasteiger partial charge on any atom is -0.497 e. The number of methoxy groups -OCH3 is 1. The summed E-state index contributed by atoms with van der Waals surface area (Å²) in [5.41, 5.74) is 4.28. The number of benzene rings is 2. The molecule has 0 radical (unpaired) electrons. The summed E-state index contributed by atoms with van der Waals surface area (Å²) < 4.78 is 12.5. The maximum absolute atomic E-state index is 12.7. The number of ether oxygens (including phenoxy) is 2. The summed E-state index contributed by atoms with van der Waals surface area (Å²) in [6, 6.07) is 15.4. The number of nitrogens with one attached hydrogen (secondary N) is 1. The van der Waals surface area contributed by atoms with E-state index in [1.165, 1.54) is 0 Å². The largest absolute Gasteiger partial charge is 0.497 e. The number of anilines is 1. The van der Waals surface area contributed by atoms with Crippen molar-refractivity contribution in [3.05, 3.63) is 71.5 Å². The number of aryl methyl sites for hydroxylation is 1. The van der Waals surface area contributed by atoms with Gasteiger partial charge in [-0.05, 0) is 55.3 Å². The summed E-state index contributed by atoms with van der Waals surface area (Å²) in [6.45, 7) is 4.67. The highest BCUT2D eigenvalue weighted by Crippen LogP contribution is 2.40. The van der Waals surface area contributed by atoms with Crippen LogP contribution >= 0.6 is 0 Å². The minimum atomic E-state index is -0.134. The Morgan fingerprint density at radius 1 is 1.09 bits per heavy atom. The zero-order valence-electron chi connectivity index (χ0n) is 19.9. The Hall–Kier alpha value is -4.27. The van der Waals surface area contributed by atoms with E-state index in [0.29, 0.717) is 24.5 Å². The first-order chi connectivity index (χ1) is 17.1. The molecule has 0 bridgehead atoms. The molecule has 1 aliphatic heterocycles. The van der Waals surface area contributed by atoms with Crippen LogP contribution in [0.2, 0.25) is 0 Å². The van der Waals surface area contributed by atoms with Gasteiger partial charge in [0.25, 0.3) is 5.95 Å². The van der Waals surface area contributed by atoms with Crippen LogP contribution in [0.15, 0.2) is 54.7 Å². The molecule has 2 aromatic carbocycles. The summed E-state index contributed by atoms with van der Waals surface area (Å²) in [5, 5.41) is 16.0. The van der Waals surface area contributed by atoms with Crippen molar-refractivity contribution in [1.82, 2.24) is 25.0 Å². The highest BCUT2D eigenvalue weighted by molar-refractivity contribution is 5.95. The van der Waals surface area contributed by atoms with Gasteiger partial charge in [-0.3, -0.25) is 4.79 Å². The summed E-state index contributed by atoms with van der Waals surface area (Å²) in [6.07, 6.45) is 2.88. The monoisotopic (exact) mass is 470 g/mol. The Kier molecular flexibility index (Phi) is 6.13. The van der Waals surface area contributed by atoms with Crippen LogP contribution in [-0.2, 0) is 4.79 Å². The van der Waals surface area contributed by atoms with E-state index in [1.54, 1.807) is 18.0 Å². The topological polar surface area (TPSA) is 104 Å². The molecule has 2 aromatic heterocycles. The molecular formula is C26H26N6O3. The maximum Gasteiger partial charge on any atom is 0.272 e. The second kappa shape index (κ2) is 9.54. The van der Waals surface area contributed by atoms with E-state index >= 15 is 0 Å². The van der Waals surface area contributed by atoms with Crippen LogP contribution in [0.3, 0.4) is 0 Å². The predicted octanol–water partition coefficient (Wildman–Crippen LogP) is 4.30. The SMILES string of the molecule is CCCOc1ccc(C2CC(=O)Nc3c2c(C)nn3-c2nncc(-c3ccc(OC)cc3)n2)cc1. The van der Waals surface area contributed by atoms with Crippen LogP contribution in [0.5, 0.6) is 11.5 Å². The fourth-order valence-corrected chi connectivity index (χ4v) is 4.28. The molecule has 3 heterocycles. The fourth-order valence-electron chi connectivity index (χ4n) is 4.28. The third-order valence-corrected chi connectivity index (χ3v) is 5.98. The number of rotatable bonds is 7. The van der Waals surface area contributed by atoms with Crippen molar-refractivity contribution in [2.24, 2.45) is 0 Å². The first-order valence-electron chi connectivity index (χ1n) is 11.5. The van der Waals surface area contributed by atoms with E-state index in [1.807, 2.05) is 55.5 Å². The van der Waals surface area contributed by atoms with Crippen LogP contribution in [0.1, 0.15) is 42.5 Å². The molecule has 1 atom stereocenters. The third kappa shape index (κ3) is 4.44. The van der Waals surface area contributed by atoms with Crippen LogP contribution in [0.4, 0.5) is 5.82 Å². The summed E-state index contributed by atoms with van der Waals surface area (Å²) in [5.74, 6) is 2.21. The van der Waals surface area contributed by atoms with Gasteiger partial charge in [0, 0.05) is 23.5 Å². The van der Waals surface area contributed by atoms with Crippen molar-refractivity contribution in [3.63, 3.8) is 0 Å². The van der Waals surface area contributed by atoms with E-state index in [-0.39, 0.29) is 17.8 Å². The lowest BCUT2D eigenvalue weighted by Gasteiger charge is -2.24. The first-order valence-corrected chi connectivity index (χ1v) is 11.5.